The van der Waals surface area contributed by atoms with Crippen LogP contribution in [0.2, 0.25) is 0 Å². The van der Waals surface area contributed by atoms with E-state index in [9.17, 15) is 14.9 Å². The first-order chi connectivity index (χ1) is 8.70. The van der Waals surface area contributed by atoms with Gasteiger partial charge in [-0.2, -0.15) is 0 Å². The Hall–Kier alpha value is -2.05. The minimum Gasteiger partial charge on any atom is -0.467 e. The van der Waals surface area contributed by atoms with Crippen LogP contribution >= 0.6 is 0 Å². The molecule has 0 aromatic carbocycles. The smallest absolute Gasteiger partial charge is 0.408 e. The highest BCUT2D eigenvalue weighted by molar-refractivity contribution is 5.68. The third-order valence-corrected chi connectivity index (χ3v) is 2.34. The van der Waals surface area contributed by atoms with E-state index in [2.05, 4.69) is 5.32 Å². The first kappa shape index (κ1) is 15.0. The predicted molar refractivity (Wildman–Crippen MR) is 67.3 cm³/mol. The van der Waals surface area contributed by atoms with Gasteiger partial charge < -0.3 is 14.5 Å². The number of alkyl carbamates (subject to hydrolysis) is 1. The van der Waals surface area contributed by atoms with Gasteiger partial charge >= 0.3 is 6.09 Å². The summed E-state index contributed by atoms with van der Waals surface area (Å²) < 4.78 is 10.2. The molecule has 0 unspecified atom stereocenters. The summed E-state index contributed by atoms with van der Waals surface area (Å²) in [6.07, 6.45) is 0.675. The molecule has 0 fully saturated rings. The number of nitrogens with zero attached hydrogens (tertiary/aromatic N) is 1. The van der Waals surface area contributed by atoms with E-state index in [1.54, 1.807) is 32.9 Å². The standard InChI is InChI=1S/C12H18N2O5/c1-8(14(16)17)10(9-6-5-7-18-9)13-11(15)19-12(2,3)4/h5-8,10H,1-4H3,(H,13,15)/t8-,10-/m0/s1. The molecular formula is C12H18N2O5. The molecule has 1 N–H and O–H groups in total. The predicted octanol–water partition coefficient (Wildman–Crippen LogP) is 2.51. The molecule has 0 aliphatic heterocycles. The minimum atomic E-state index is -1.03. The molecule has 2 atom stereocenters. The van der Waals surface area contributed by atoms with Crippen molar-refractivity contribution >= 4 is 6.09 Å². The van der Waals surface area contributed by atoms with Gasteiger partial charge in [0.25, 0.3) is 0 Å². The second-order valence-corrected chi connectivity index (χ2v) is 5.17. The molecule has 1 aromatic rings. The van der Waals surface area contributed by atoms with E-state index in [-0.39, 0.29) is 0 Å². The molecule has 19 heavy (non-hydrogen) atoms. The molecule has 0 saturated heterocycles. The highest BCUT2D eigenvalue weighted by Crippen LogP contribution is 2.20. The fraction of sp³-hybridized carbons (Fsp3) is 0.583. The van der Waals surface area contributed by atoms with Crippen molar-refractivity contribution in [2.45, 2.75) is 45.4 Å². The second kappa shape index (κ2) is 5.73. The lowest BCUT2D eigenvalue weighted by molar-refractivity contribution is -0.523. The van der Waals surface area contributed by atoms with Gasteiger partial charge in [0, 0.05) is 11.8 Å². The van der Waals surface area contributed by atoms with E-state index in [0.717, 1.165) is 0 Å². The van der Waals surface area contributed by atoms with Gasteiger partial charge in [-0.15, -0.1) is 0 Å². The lowest BCUT2D eigenvalue weighted by atomic mass is 10.1. The van der Waals surface area contributed by atoms with Crippen molar-refractivity contribution in [3.63, 3.8) is 0 Å². The lowest BCUT2D eigenvalue weighted by Gasteiger charge is -2.23. The molecule has 106 valence electrons. The normalized spacial score (nSPS) is 14.5. The van der Waals surface area contributed by atoms with Crippen LogP contribution in [-0.2, 0) is 4.74 Å². The van der Waals surface area contributed by atoms with Gasteiger partial charge in [-0.25, -0.2) is 4.79 Å². The van der Waals surface area contributed by atoms with Crippen molar-refractivity contribution in [3.8, 4) is 0 Å². The van der Waals surface area contributed by atoms with Gasteiger partial charge in [0.1, 0.15) is 11.4 Å². The summed E-state index contributed by atoms with van der Waals surface area (Å²) in [7, 11) is 0. The molecule has 0 aliphatic carbocycles. The summed E-state index contributed by atoms with van der Waals surface area (Å²) in [6.45, 7) is 6.53. The number of hydrogen-bond donors (Lipinski definition) is 1. The van der Waals surface area contributed by atoms with E-state index >= 15 is 0 Å². The minimum absolute atomic E-state index is 0.315. The van der Waals surface area contributed by atoms with Crippen molar-refractivity contribution in [2.75, 3.05) is 0 Å². The van der Waals surface area contributed by atoms with Crippen LogP contribution in [0.3, 0.4) is 0 Å². The quantitative estimate of drug-likeness (QED) is 0.670. The zero-order chi connectivity index (χ0) is 14.6. The number of nitro groups is 1. The summed E-state index contributed by atoms with van der Waals surface area (Å²) in [5.74, 6) is 0.315. The maximum absolute atomic E-state index is 11.7. The van der Waals surface area contributed by atoms with Crippen LogP contribution in [0, 0.1) is 10.1 Å². The van der Waals surface area contributed by atoms with Crippen molar-refractivity contribution in [1.82, 2.24) is 5.32 Å². The zero-order valence-corrected chi connectivity index (χ0v) is 11.4. The van der Waals surface area contributed by atoms with E-state index in [0.29, 0.717) is 5.76 Å². The third-order valence-electron chi connectivity index (χ3n) is 2.34. The van der Waals surface area contributed by atoms with Gasteiger partial charge in [-0.05, 0) is 32.9 Å². The van der Waals surface area contributed by atoms with Crippen LogP contribution in [0.15, 0.2) is 22.8 Å². The monoisotopic (exact) mass is 270 g/mol. The summed E-state index contributed by atoms with van der Waals surface area (Å²) in [5, 5.41) is 13.3. The van der Waals surface area contributed by atoms with Gasteiger partial charge in [0.05, 0.1) is 6.26 Å². The Morgan fingerprint density at radius 3 is 2.58 bits per heavy atom. The maximum Gasteiger partial charge on any atom is 0.408 e. The Bertz CT molecular complexity index is 435. The number of furan rings is 1. The molecule has 1 rings (SSSR count). The molecule has 0 saturated carbocycles. The molecule has 7 heteroatoms. The summed E-state index contributed by atoms with van der Waals surface area (Å²) in [4.78, 5) is 22.1. The second-order valence-electron chi connectivity index (χ2n) is 5.17. The van der Waals surface area contributed by atoms with E-state index in [1.807, 2.05) is 0 Å². The average molecular weight is 270 g/mol. The fourth-order valence-corrected chi connectivity index (χ4v) is 1.45. The Morgan fingerprint density at radius 2 is 2.16 bits per heavy atom. The summed E-state index contributed by atoms with van der Waals surface area (Å²) >= 11 is 0. The molecule has 0 radical (unpaired) electrons. The Morgan fingerprint density at radius 1 is 1.53 bits per heavy atom. The number of rotatable bonds is 4. The van der Waals surface area contributed by atoms with Gasteiger partial charge in [0.2, 0.25) is 6.04 Å². The zero-order valence-electron chi connectivity index (χ0n) is 11.4. The first-order valence-electron chi connectivity index (χ1n) is 5.87. The summed E-state index contributed by atoms with van der Waals surface area (Å²) in [6, 6.07) is 1.27. The van der Waals surface area contributed by atoms with Gasteiger partial charge in [-0.1, -0.05) is 0 Å². The summed E-state index contributed by atoms with van der Waals surface area (Å²) in [5.41, 5.74) is -0.671. The molecule has 1 amide bonds. The molecular weight excluding hydrogens is 252 g/mol. The molecule has 1 aromatic heterocycles. The third kappa shape index (κ3) is 4.61. The van der Waals surface area contributed by atoms with E-state index < -0.39 is 28.7 Å². The first-order valence-corrected chi connectivity index (χ1v) is 5.87. The van der Waals surface area contributed by atoms with E-state index in [4.69, 9.17) is 9.15 Å². The Labute approximate surface area is 111 Å². The van der Waals surface area contributed by atoms with Crippen molar-refractivity contribution in [1.29, 1.82) is 0 Å². The number of ether oxygens (including phenoxy) is 1. The van der Waals surface area contributed by atoms with Crippen LogP contribution in [0.5, 0.6) is 0 Å². The van der Waals surface area contributed by atoms with E-state index in [1.165, 1.54) is 13.2 Å². The van der Waals surface area contributed by atoms with Crippen molar-refractivity contribution in [3.05, 3.63) is 34.3 Å². The Kier molecular flexibility index (Phi) is 4.52. The fourth-order valence-electron chi connectivity index (χ4n) is 1.45. The number of carbonyl (C=O) groups excluding carboxylic acids is 1. The van der Waals surface area contributed by atoms with Crippen LogP contribution in [-0.4, -0.2) is 22.7 Å². The van der Waals surface area contributed by atoms with Crippen molar-refractivity contribution in [2.24, 2.45) is 0 Å². The number of nitrogens with one attached hydrogen (secondary N) is 1. The topological polar surface area (TPSA) is 94.6 Å². The molecule has 0 spiro atoms. The van der Waals surface area contributed by atoms with Crippen LogP contribution in [0.25, 0.3) is 0 Å². The maximum atomic E-state index is 11.7. The van der Waals surface area contributed by atoms with Crippen LogP contribution < -0.4 is 5.32 Å². The highest BCUT2D eigenvalue weighted by Gasteiger charge is 2.33. The van der Waals surface area contributed by atoms with Gasteiger partial charge in [-0.3, -0.25) is 10.1 Å². The Balaban J connectivity index is 2.82. The number of carbonyl (C=O) groups is 1. The van der Waals surface area contributed by atoms with Crippen molar-refractivity contribution < 1.29 is 18.9 Å². The number of hydrogen-bond acceptors (Lipinski definition) is 5. The number of amides is 1. The average Bonchev–Trinajstić information content (AvgIpc) is 2.75. The molecule has 0 bridgehead atoms. The van der Waals surface area contributed by atoms with Crippen LogP contribution in [0.1, 0.15) is 39.5 Å². The van der Waals surface area contributed by atoms with Gasteiger partial charge in [0.15, 0.2) is 6.04 Å². The highest BCUT2D eigenvalue weighted by atomic mass is 16.6. The lowest BCUT2D eigenvalue weighted by Crippen LogP contribution is -2.41. The largest absolute Gasteiger partial charge is 0.467 e. The molecule has 1 heterocycles. The molecule has 7 nitrogen and oxygen atoms in total. The van der Waals surface area contributed by atoms with Crippen LogP contribution in [0.4, 0.5) is 4.79 Å². The molecule has 0 aliphatic rings. The SMILES string of the molecule is C[C@@H]([C@H](NC(=O)OC(C)(C)C)c1ccco1)[N+](=O)[O-].